The number of nitro groups is 1. The van der Waals surface area contributed by atoms with Gasteiger partial charge in [-0.15, -0.1) is 0 Å². The fourth-order valence-electron chi connectivity index (χ4n) is 2.02. The van der Waals surface area contributed by atoms with Crippen LogP contribution >= 0.6 is 0 Å². The normalized spacial score (nSPS) is 14.1. The number of nitrogens with zero attached hydrogens (tertiary/aromatic N) is 2. The Morgan fingerprint density at radius 1 is 1.48 bits per heavy atom. The Hall–Kier alpha value is -2.77. The smallest absolute Gasteiger partial charge is 0.373 e. The molecular weight excluding hydrogens is 283 g/mol. The summed E-state index contributed by atoms with van der Waals surface area (Å²) < 4.78 is 19.0. The molecule has 0 spiro atoms. The van der Waals surface area contributed by atoms with Crippen LogP contribution in [0.5, 0.6) is 0 Å². The number of rotatable bonds is 4. The van der Waals surface area contributed by atoms with Crippen LogP contribution in [0.2, 0.25) is 0 Å². The Kier molecular flexibility index (Phi) is 2.93. The zero-order chi connectivity index (χ0) is 15.1. The second-order valence-corrected chi connectivity index (χ2v) is 4.73. The van der Waals surface area contributed by atoms with Crippen molar-refractivity contribution in [3.8, 4) is 11.5 Å². The maximum atomic E-state index is 13.9. The van der Waals surface area contributed by atoms with E-state index < -0.39 is 22.4 Å². The molecule has 0 radical (unpaired) electrons. The van der Waals surface area contributed by atoms with E-state index in [0.29, 0.717) is 5.69 Å². The van der Waals surface area contributed by atoms with Crippen LogP contribution in [0.25, 0.3) is 11.5 Å². The van der Waals surface area contributed by atoms with Crippen molar-refractivity contribution >= 4 is 11.7 Å². The molecule has 1 fully saturated rings. The molecular formula is C13H9FN2O5. The number of oxazole rings is 1. The summed E-state index contributed by atoms with van der Waals surface area (Å²) in [4.78, 5) is 25.0. The zero-order valence-corrected chi connectivity index (χ0v) is 10.6. The van der Waals surface area contributed by atoms with Gasteiger partial charge in [0, 0.05) is 12.0 Å². The van der Waals surface area contributed by atoms with Gasteiger partial charge in [-0.1, -0.05) is 0 Å². The lowest BCUT2D eigenvalue weighted by Gasteiger charge is -1.97. The number of non-ortho nitro benzene ring substituents is 1. The fourth-order valence-corrected chi connectivity index (χ4v) is 2.02. The third-order valence-electron chi connectivity index (χ3n) is 3.21. The highest BCUT2D eigenvalue weighted by Gasteiger charge is 2.34. The monoisotopic (exact) mass is 292 g/mol. The second kappa shape index (κ2) is 4.65. The molecule has 3 rings (SSSR count). The molecule has 1 aromatic carbocycles. The first-order valence-corrected chi connectivity index (χ1v) is 6.15. The third kappa shape index (κ3) is 2.35. The molecule has 0 saturated heterocycles. The molecule has 0 amide bonds. The van der Waals surface area contributed by atoms with Crippen LogP contribution < -0.4 is 0 Å². The van der Waals surface area contributed by atoms with E-state index in [0.717, 1.165) is 31.0 Å². The first-order chi connectivity index (χ1) is 9.97. The molecule has 108 valence electrons. The highest BCUT2D eigenvalue weighted by Crippen LogP contribution is 2.42. The lowest BCUT2D eigenvalue weighted by atomic mass is 10.2. The lowest BCUT2D eigenvalue weighted by molar-refractivity contribution is -0.385. The van der Waals surface area contributed by atoms with Gasteiger partial charge in [0.25, 0.3) is 5.69 Å². The number of benzene rings is 1. The molecule has 1 N–H and O–H groups in total. The predicted molar refractivity (Wildman–Crippen MR) is 67.5 cm³/mol. The molecule has 21 heavy (non-hydrogen) atoms. The van der Waals surface area contributed by atoms with Crippen LogP contribution in [-0.2, 0) is 0 Å². The molecule has 1 heterocycles. The minimum absolute atomic E-state index is 0.0229. The number of aromatic nitrogens is 1. The largest absolute Gasteiger partial charge is 0.475 e. The summed E-state index contributed by atoms with van der Waals surface area (Å²) in [5.74, 6) is -2.61. The first-order valence-electron chi connectivity index (χ1n) is 6.15. The molecule has 1 aromatic heterocycles. The van der Waals surface area contributed by atoms with Gasteiger partial charge in [-0.05, 0) is 18.9 Å². The number of hydrogen-bond donors (Lipinski definition) is 1. The van der Waals surface area contributed by atoms with Crippen molar-refractivity contribution in [2.45, 2.75) is 18.8 Å². The van der Waals surface area contributed by atoms with Gasteiger partial charge >= 0.3 is 5.97 Å². The molecule has 8 heteroatoms. The number of hydrogen-bond acceptors (Lipinski definition) is 5. The van der Waals surface area contributed by atoms with E-state index in [1.807, 2.05) is 0 Å². The van der Waals surface area contributed by atoms with Gasteiger partial charge < -0.3 is 9.52 Å². The molecule has 7 nitrogen and oxygen atoms in total. The van der Waals surface area contributed by atoms with Crippen molar-refractivity contribution in [3.63, 3.8) is 0 Å². The van der Waals surface area contributed by atoms with Crippen molar-refractivity contribution in [1.82, 2.24) is 4.98 Å². The van der Waals surface area contributed by atoms with Crippen LogP contribution in [0.3, 0.4) is 0 Å². The van der Waals surface area contributed by atoms with Crippen LogP contribution in [0.4, 0.5) is 10.1 Å². The average molecular weight is 292 g/mol. The van der Waals surface area contributed by atoms with E-state index >= 15 is 0 Å². The molecule has 0 bridgehead atoms. The molecule has 0 aliphatic heterocycles. The number of aromatic carboxylic acids is 1. The summed E-state index contributed by atoms with van der Waals surface area (Å²) in [6, 6.07) is 3.01. The Balaban J connectivity index is 2.06. The summed E-state index contributed by atoms with van der Waals surface area (Å²) in [5, 5.41) is 19.6. The van der Waals surface area contributed by atoms with Gasteiger partial charge in [-0.2, -0.15) is 0 Å². The molecule has 1 aliphatic rings. The standard InChI is InChI=1S/C13H9FN2O5/c14-9-5-7(16(19)20)3-4-8(9)12-15-10(6-1-2-6)11(21-12)13(17)18/h3-6H,1-2H2,(H,17,18). The van der Waals surface area contributed by atoms with Gasteiger partial charge in [0.2, 0.25) is 11.7 Å². The summed E-state index contributed by atoms with van der Waals surface area (Å²) in [6.07, 6.45) is 1.63. The number of nitro benzene ring substituents is 1. The summed E-state index contributed by atoms with van der Waals surface area (Å²) in [6.45, 7) is 0. The third-order valence-corrected chi connectivity index (χ3v) is 3.21. The van der Waals surface area contributed by atoms with E-state index in [1.165, 1.54) is 0 Å². The highest BCUT2D eigenvalue weighted by molar-refractivity contribution is 5.86. The summed E-state index contributed by atoms with van der Waals surface area (Å²) in [7, 11) is 0. The van der Waals surface area contributed by atoms with Crippen LogP contribution in [0, 0.1) is 15.9 Å². The number of carboxylic acids is 1. The van der Waals surface area contributed by atoms with E-state index in [2.05, 4.69) is 4.98 Å². The van der Waals surface area contributed by atoms with Crippen LogP contribution in [0.15, 0.2) is 22.6 Å². The Labute approximate surface area is 117 Å². The summed E-state index contributed by atoms with van der Waals surface area (Å²) >= 11 is 0. The number of halogens is 1. The topological polar surface area (TPSA) is 106 Å². The highest BCUT2D eigenvalue weighted by atomic mass is 19.1. The summed E-state index contributed by atoms with van der Waals surface area (Å²) in [5.41, 5.74) is -0.200. The van der Waals surface area contributed by atoms with Gasteiger partial charge in [-0.3, -0.25) is 10.1 Å². The molecule has 1 saturated carbocycles. The van der Waals surface area contributed by atoms with Gasteiger partial charge in [0.15, 0.2) is 0 Å². The fraction of sp³-hybridized carbons (Fsp3) is 0.231. The minimum atomic E-state index is -1.27. The van der Waals surface area contributed by atoms with E-state index in [4.69, 9.17) is 9.52 Å². The minimum Gasteiger partial charge on any atom is -0.475 e. The number of carbonyl (C=O) groups is 1. The van der Waals surface area contributed by atoms with Gasteiger partial charge in [-0.25, -0.2) is 14.2 Å². The zero-order valence-electron chi connectivity index (χ0n) is 10.6. The molecule has 0 unspecified atom stereocenters. The van der Waals surface area contributed by atoms with Crippen molar-refractivity contribution in [3.05, 3.63) is 45.6 Å². The SMILES string of the molecule is O=C(O)c1oc(-c2ccc([N+](=O)[O-])cc2F)nc1C1CC1. The Morgan fingerprint density at radius 3 is 2.71 bits per heavy atom. The molecule has 2 aromatic rings. The van der Waals surface area contributed by atoms with E-state index in [-0.39, 0.29) is 23.1 Å². The number of carboxylic acid groups (broad SMARTS) is 1. The predicted octanol–water partition coefficient (Wildman–Crippen LogP) is 2.96. The quantitative estimate of drug-likeness (QED) is 0.685. The average Bonchev–Trinajstić information content (AvgIpc) is 3.17. The van der Waals surface area contributed by atoms with E-state index in [1.54, 1.807) is 0 Å². The first kappa shape index (κ1) is 13.2. The Morgan fingerprint density at radius 2 is 2.19 bits per heavy atom. The Bertz CT molecular complexity index is 751. The maximum Gasteiger partial charge on any atom is 0.373 e. The van der Waals surface area contributed by atoms with Crippen molar-refractivity contribution in [1.29, 1.82) is 0 Å². The van der Waals surface area contributed by atoms with Crippen LogP contribution in [-0.4, -0.2) is 21.0 Å². The van der Waals surface area contributed by atoms with E-state index in [9.17, 15) is 19.3 Å². The molecule has 1 aliphatic carbocycles. The second-order valence-electron chi connectivity index (χ2n) is 4.73. The van der Waals surface area contributed by atoms with Crippen molar-refractivity contribution < 1.29 is 23.6 Å². The van der Waals surface area contributed by atoms with Crippen LogP contribution in [0.1, 0.15) is 35.0 Å². The maximum absolute atomic E-state index is 13.9. The molecule has 0 atom stereocenters. The van der Waals surface area contributed by atoms with Crippen molar-refractivity contribution in [2.24, 2.45) is 0 Å². The lowest BCUT2D eigenvalue weighted by Crippen LogP contribution is -1.98. The van der Waals surface area contributed by atoms with Gasteiger partial charge in [0.1, 0.15) is 5.82 Å². The van der Waals surface area contributed by atoms with Crippen molar-refractivity contribution in [2.75, 3.05) is 0 Å². The van der Waals surface area contributed by atoms with Gasteiger partial charge in [0.05, 0.1) is 22.2 Å².